The number of piperidine rings is 1. The summed E-state index contributed by atoms with van der Waals surface area (Å²) in [4.78, 5) is 16.6. The van der Waals surface area contributed by atoms with Gasteiger partial charge in [0.05, 0.1) is 17.3 Å². The number of hydrogen-bond donors (Lipinski definition) is 2. The minimum absolute atomic E-state index is 0.0783. The van der Waals surface area contributed by atoms with Crippen LogP contribution in [0.1, 0.15) is 35.4 Å². The Morgan fingerprint density at radius 3 is 2.59 bits per heavy atom. The first kappa shape index (κ1) is 19.6. The molecule has 27 heavy (non-hydrogen) atoms. The molecule has 0 bridgehead atoms. The number of H-pyrrole nitrogens is 1. The Hall–Kier alpha value is -2.18. The van der Waals surface area contributed by atoms with Gasteiger partial charge in [0.1, 0.15) is 0 Å². The number of hydrogen-bond acceptors (Lipinski definition) is 4. The van der Waals surface area contributed by atoms with Crippen LogP contribution in [0.4, 0.5) is 0 Å². The summed E-state index contributed by atoms with van der Waals surface area (Å²) in [5, 5.41) is 18.3. The van der Waals surface area contributed by atoms with E-state index < -0.39 is 11.6 Å². The average Bonchev–Trinajstić information content (AvgIpc) is 2.98. The van der Waals surface area contributed by atoms with Gasteiger partial charge in [0.15, 0.2) is 0 Å². The third kappa shape index (κ3) is 3.64. The van der Waals surface area contributed by atoms with Crippen LogP contribution >= 0.6 is 0 Å². The van der Waals surface area contributed by atoms with Crippen LogP contribution in [0.3, 0.4) is 0 Å². The van der Waals surface area contributed by atoms with Gasteiger partial charge < -0.3 is 10.0 Å². The van der Waals surface area contributed by atoms with E-state index in [2.05, 4.69) is 27.2 Å². The predicted octanol–water partition coefficient (Wildman–Crippen LogP) is 2.01. The number of amides is 1. The number of likely N-dealkylation sites (N-methyl/N-ethyl adjacent to an activating group) is 1. The first-order chi connectivity index (χ1) is 12.9. The number of aromatic nitrogens is 2. The smallest absolute Gasteiger partial charge is 0.223 e. The number of benzene rings is 1. The molecule has 2 aromatic rings. The molecule has 2 heterocycles. The van der Waals surface area contributed by atoms with Crippen LogP contribution in [0.5, 0.6) is 0 Å². The number of carbonyl (C=O) groups excluding carboxylic acids is 1. The number of nitrogens with zero attached hydrogens (tertiary/aromatic N) is 3. The minimum atomic E-state index is -0.637. The third-order valence-corrected chi connectivity index (χ3v) is 6.06. The van der Waals surface area contributed by atoms with Gasteiger partial charge in [0.2, 0.25) is 5.91 Å². The van der Waals surface area contributed by atoms with Crippen LogP contribution < -0.4 is 0 Å². The van der Waals surface area contributed by atoms with Crippen molar-refractivity contribution in [3.05, 3.63) is 52.8 Å². The zero-order valence-corrected chi connectivity index (χ0v) is 16.7. The van der Waals surface area contributed by atoms with Crippen molar-refractivity contribution < 1.29 is 9.90 Å². The summed E-state index contributed by atoms with van der Waals surface area (Å²) >= 11 is 0. The van der Waals surface area contributed by atoms with Crippen LogP contribution in [0.2, 0.25) is 0 Å². The molecule has 0 saturated carbocycles. The molecule has 3 rings (SSSR count). The molecule has 1 saturated heterocycles. The lowest BCUT2D eigenvalue weighted by Crippen LogP contribution is -2.60. The van der Waals surface area contributed by atoms with Gasteiger partial charge in [-0.1, -0.05) is 30.3 Å². The molecule has 146 valence electrons. The van der Waals surface area contributed by atoms with Gasteiger partial charge >= 0.3 is 0 Å². The second kappa shape index (κ2) is 7.82. The molecule has 1 amide bonds. The fourth-order valence-corrected chi connectivity index (χ4v) is 4.16. The van der Waals surface area contributed by atoms with Gasteiger partial charge in [-0.15, -0.1) is 0 Å². The van der Waals surface area contributed by atoms with Crippen LogP contribution in [-0.2, 0) is 16.8 Å². The number of β-amino-alcohol motifs (C(OH)–C–C–N with tert-alkyl or cyclic N) is 1. The van der Waals surface area contributed by atoms with Crippen molar-refractivity contribution >= 4 is 5.91 Å². The Kier molecular flexibility index (Phi) is 5.67. The second-order valence-electron chi connectivity index (χ2n) is 7.71. The van der Waals surface area contributed by atoms with Crippen molar-refractivity contribution in [2.75, 3.05) is 27.2 Å². The molecular weight excluding hydrogens is 340 g/mol. The van der Waals surface area contributed by atoms with Gasteiger partial charge in [-0.3, -0.25) is 14.8 Å². The highest BCUT2D eigenvalue weighted by atomic mass is 16.3. The highest BCUT2D eigenvalue weighted by molar-refractivity contribution is 5.76. The molecule has 2 atom stereocenters. The molecule has 0 radical (unpaired) electrons. The van der Waals surface area contributed by atoms with Crippen LogP contribution in [0.25, 0.3) is 0 Å². The highest BCUT2D eigenvalue weighted by Gasteiger charge is 2.46. The first-order valence-corrected chi connectivity index (χ1v) is 9.55. The van der Waals surface area contributed by atoms with E-state index in [1.54, 1.807) is 4.90 Å². The molecule has 1 aromatic heterocycles. The van der Waals surface area contributed by atoms with Crippen molar-refractivity contribution in [2.24, 2.45) is 0 Å². The SMILES string of the molecule is Cc1[nH]nc(CCC(=O)N2CC[C@@](c3ccccc3)(N(C)C)[C@H](O)C2)c1C. The summed E-state index contributed by atoms with van der Waals surface area (Å²) < 4.78 is 0. The normalized spacial score (nSPS) is 23.0. The summed E-state index contributed by atoms with van der Waals surface area (Å²) in [5.74, 6) is 0.0783. The van der Waals surface area contributed by atoms with Crippen LogP contribution in [-0.4, -0.2) is 64.3 Å². The molecule has 1 aliphatic heterocycles. The highest BCUT2D eigenvalue weighted by Crippen LogP contribution is 2.37. The second-order valence-corrected chi connectivity index (χ2v) is 7.71. The van der Waals surface area contributed by atoms with E-state index in [1.807, 2.05) is 46.1 Å². The number of aryl methyl sites for hydroxylation is 2. The molecule has 6 nitrogen and oxygen atoms in total. The van der Waals surface area contributed by atoms with Gasteiger partial charge in [0, 0.05) is 31.6 Å². The predicted molar refractivity (Wildman–Crippen MR) is 105 cm³/mol. The average molecular weight is 370 g/mol. The molecular formula is C21H30N4O2. The molecule has 6 heteroatoms. The Morgan fingerprint density at radius 2 is 2.04 bits per heavy atom. The maximum atomic E-state index is 12.7. The lowest BCUT2D eigenvalue weighted by molar-refractivity contribution is -0.140. The zero-order valence-electron chi connectivity index (χ0n) is 16.7. The van der Waals surface area contributed by atoms with Crippen LogP contribution in [0.15, 0.2) is 30.3 Å². The Balaban J connectivity index is 1.68. The quantitative estimate of drug-likeness (QED) is 0.845. The van der Waals surface area contributed by atoms with E-state index in [4.69, 9.17) is 0 Å². The number of likely N-dealkylation sites (tertiary alicyclic amines) is 1. The Labute approximate surface area is 161 Å². The molecule has 1 aromatic carbocycles. The van der Waals surface area contributed by atoms with Crippen molar-refractivity contribution in [1.29, 1.82) is 0 Å². The largest absolute Gasteiger partial charge is 0.389 e. The van der Waals surface area contributed by atoms with E-state index in [-0.39, 0.29) is 5.91 Å². The maximum absolute atomic E-state index is 12.7. The van der Waals surface area contributed by atoms with E-state index in [0.717, 1.165) is 22.5 Å². The molecule has 0 aliphatic carbocycles. The molecule has 0 unspecified atom stereocenters. The molecule has 1 aliphatic rings. The number of aliphatic hydroxyl groups is 1. The fourth-order valence-electron chi connectivity index (χ4n) is 4.16. The van der Waals surface area contributed by atoms with Crippen molar-refractivity contribution in [2.45, 2.75) is 44.8 Å². The minimum Gasteiger partial charge on any atom is -0.389 e. The Bertz CT molecular complexity index is 787. The van der Waals surface area contributed by atoms with Gasteiger partial charge in [-0.25, -0.2) is 0 Å². The number of aliphatic hydroxyl groups excluding tert-OH is 1. The van der Waals surface area contributed by atoms with Gasteiger partial charge in [-0.2, -0.15) is 5.10 Å². The topological polar surface area (TPSA) is 72.5 Å². The summed E-state index contributed by atoms with van der Waals surface area (Å²) in [7, 11) is 3.99. The summed E-state index contributed by atoms with van der Waals surface area (Å²) in [5.41, 5.74) is 3.75. The third-order valence-electron chi connectivity index (χ3n) is 6.06. The van der Waals surface area contributed by atoms with E-state index in [0.29, 0.717) is 32.4 Å². The van der Waals surface area contributed by atoms with Crippen LogP contribution in [0, 0.1) is 13.8 Å². The molecule has 2 N–H and O–H groups in total. The first-order valence-electron chi connectivity index (χ1n) is 9.55. The van der Waals surface area contributed by atoms with Gasteiger partial charge in [-0.05, 0) is 45.5 Å². The number of rotatable bonds is 5. The lowest BCUT2D eigenvalue weighted by atomic mass is 9.77. The number of carbonyl (C=O) groups is 1. The Morgan fingerprint density at radius 1 is 1.33 bits per heavy atom. The molecule has 0 spiro atoms. The van der Waals surface area contributed by atoms with Crippen molar-refractivity contribution in [3.8, 4) is 0 Å². The van der Waals surface area contributed by atoms with Crippen molar-refractivity contribution in [3.63, 3.8) is 0 Å². The number of aromatic amines is 1. The van der Waals surface area contributed by atoms with Gasteiger partial charge in [0.25, 0.3) is 0 Å². The van der Waals surface area contributed by atoms with E-state index in [9.17, 15) is 9.90 Å². The lowest BCUT2D eigenvalue weighted by Gasteiger charge is -2.49. The zero-order chi connectivity index (χ0) is 19.6. The maximum Gasteiger partial charge on any atom is 0.223 e. The molecule has 1 fully saturated rings. The fraction of sp³-hybridized carbons (Fsp3) is 0.524. The van der Waals surface area contributed by atoms with Crippen molar-refractivity contribution in [1.82, 2.24) is 20.0 Å². The summed E-state index contributed by atoms with van der Waals surface area (Å²) in [6.07, 6.45) is 1.11. The standard InChI is InChI=1S/C21H30N4O2/c1-15-16(2)22-23-18(15)10-11-20(27)25-13-12-21(24(3)4,19(26)14-25)17-8-6-5-7-9-17/h5-9,19,26H,10-14H2,1-4H3,(H,22,23)/t19-,21+/m1/s1. The number of nitrogens with one attached hydrogen (secondary N) is 1. The summed E-state index contributed by atoms with van der Waals surface area (Å²) in [6, 6.07) is 10.1. The van der Waals surface area contributed by atoms with E-state index in [1.165, 1.54) is 0 Å². The van der Waals surface area contributed by atoms with E-state index >= 15 is 0 Å². The summed E-state index contributed by atoms with van der Waals surface area (Å²) in [6.45, 7) is 5.00. The monoisotopic (exact) mass is 370 g/mol.